The van der Waals surface area contributed by atoms with Crippen LogP contribution in [0.15, 0.2) is 18.7 Å². The van der Waals surface area contributed by atoms with E-state index in [1.54, 1.807) is 0 Å². The van der Waals surface area contributed by atoms with Crippen molar-refractivity contribution in [2.24, 2.45) is 5.92 Å². The molecule has 0 aliphatic carbocycles. The average molecular weight is 238 g/mol. The van der Waals surface area contributed by atoms with E-state index in [4.69, 9.17) is 0 Å². The van der Waals surface area contributed by atoms with Gasteiger partial charge in [0.25, 0.3) is 0 Å². The van der Waals surface area contributed by atoms with Crippen molar-refractivity contribution in [3.63, 3.8) is 0 Å². The van der Waals surface area contributed by atoms with Crippen LogP contribution in [-0.4, -0.2) is 17.0 Å². The molecule has 0 aliphatic heterocycles. The highest BCUT2D eigenvalue weighted by atomic mass is 16.1. The zero-order valence-corrected chi connectivity index (χ0v) is 11.1. The Bertz CT molecular complexity index is 346. The summed E-state index contributed by atoms with van der Waals surface area (Å²) >= 11 is 0. The number of carbonyl (C=O) groups is 1. The van der Waals surface area contributed by atoms with Crippen LogP contribution < -0.4 is 9.88 Å². The molecule has 1 rings (SSSR count). The van der Waals surface area contributed by atoms with Crippen LogP contribution in [0.4, 0.5) is 0 Å². The van der Waals surface area contributed by atoms with Crippen LogP contribution in [0.1, 0.15) is 33.6 Å². The Morgan fingerprint density at radius 2 is 2.24 bits per heavy atom. The van der Waals surface area contributed by atoms with Gasteiger partial charge in [-0.05, 0) is 13.3 Å². The molecule has 1 aromatic rings. The molecule has 1 aromatic heterocycles. The van der Waals surface area contributed by atoms with Crippen molar-refractivity contribution >= 4 is 5.91 Å². The smallest absolute Gasteiger partial charge is 0.243 e. The zero-order valence-electron chi connectivity index (χ0n) is 11.1. The van der Waals surface area contributed by atoms with Crippen LogP contribution >= 0.6 is 0 Å². The molecule has 17 heavy (non-hydrogen) atoms. The van der Waals surface area contributed by atoms with Crippen molar-refractivity contribution in [2.45, 2.75) is 46.7 Å². The highest BCUT2D eigenvalue weighted by Crippen LogP contribution is 1.99. The maximum absolute atomic E-state index is 11.5. The lowest BCUT2D eigenvalue weighted by atomic mass is 10.1. The molecular formula is C13H24N3O+. The number of rotatable bonds is 7. The summed E-state index contributed by atoms with van der Waals surface area (Å²) in [5.41, 5.74) is 0. The topological polar surface area (TPSA) is 37.9 Å². The van der Waals surface area contributed by atoms with Crippen LogP contribution in [0.25, 0.3) is 0 Å². The largest absolute Gasteiger partial charge is 0.356 e. The highest BCUT2D eigenvalue weighted by Gasteiger charge is 2.09. The molecule has 0 spiro atoms. The Kier molecular flexibility index (Phi) is 5.73. The SMILES string of the molecule is CCC(C)C(=O)NCCC[n+]1ccn(CC)c1. The van der Waals surface area contributed by atoms with E-state index in [9.17, 15) is 4.79 Å². The number of hydrogen-bond donors (Lipinski definition) is 1. The third kappa shape index (κ3) is 4.59. The van der Waals surface area contributed by atoms with Gasteiger partial charge in [-0.25, -0.2) is 9.13 Å². The molecule has 4 heteroatoms. The third-order valence-corrected chi connectivity index (χ3v) is 3.06. The van der Waals surface area contributed by atoms with Gasteiger partial charge in [-0.15, -0.1) is 0 Å². The van der Waals surface area contributed by atoms with Crippen molar-refractivity contribution in [3.8, 4) is 0 Å². The first-order valence-electron chi connectivity index (χ1n) is 6.49. The van der Waals surface area contributed by atoms with Gasteiger partial charge in [-0.3, -0.25) is 4.79 Å². The van der Waals surface area contributed by atoms with Gasteiger partial charge >= 0.3 is 0 Å². The molecule has 1 atom stereocenters. The number of hydrogen-bond acceptors (Lipinski definition) is 1. The van der Waals surface area contributed by atoms with Crippen molar-refractivity contribution in [2.75, 3.05) is 6.54 Å². The number of amides is 1. The minimum atomic E-state index is 0.129. The van der Waals surface area contributed by atoms with E-state index < -0.39 is 0 Å². The summed E-state index contributed by atoms with van der Waals surface area (Å²) in [5.74, 6) is 0.299. The minimum Gasteiger partial charge on any atom is -0.356 e. The van der Waals surface area contributed by atoms with Crippen molar-refractivity contribution < 1.29 is 9.36 Å². The number of aryl methyl sites for hydroxylation is 2. The molecule has 96 valence electrons. The Labute approximate surface area is 104 Å². The number of aromatic nitrogens is 2. The van der Waals surface area contributed by atoms with Crippen LogP contribution in [0.2, 0.25) is 0 Å². The van der Waals surface area contributed by atoms with Gasteiger partial charge in [-0.2, -0.15) is 0 Å². The number of nitrogens with zero attached hydrogens (tertiary/aromatic N) is 2. The molecule has 1 unspecified atom stereocenters. The number of nitrogens with one attached hydrogen (secondary N) is 1. The lowest BCUT2D eigenvalue weighted by Crippen LogP contribution is -2.35. The molecule has 1 heterocycles. The summed E-state index contributed by atoms with van der Waals surface area (Å²) in [7, 11) is 0. The first kappa shape index (κ1) is 13.7. The summed E-state index contributed by atoms with van der Waals surface area (Å²) < 4.78 is 4.29. The van der Waals surface area contributed by atoms with Gasteiger partial charge in [0.1, 0.15) is 12.4 Å². The summed E-state index contributed by atoms with van der Waals surface area (Å²) in [6, 6.07) is 0. The summed E-state index contributed by atoms with van der Waals surface area (Å²) in [4.78, 5) is 11.5. The average Bonchev–Trinajstić information content (AvgIpc) is 2.81. The molecule has 4 nitrogen and oxygen atoms in total. The molecule has 0 radical (unpaired) electrons. The molecule has 0 saturated heterocycles. The maximum atomic E-state index is 11.5. The van der Waals surface area contributed by atoms with Gasteiger partial charge in [0.2, 0.25) is 12.2 Å². The molecule has 0 bridgehead atoms. The molecular weight excluding hydrogens is 214 g/mol. The normalized spacial score (nSPS) is 12.4. The maximum Gasteiger partial charge on any atom is 0.243 e. The third-order valence-electron chi connectivity index (χ3n) is 3.06. The van der Waals surface area contributed by atoms with Crippen LogP contribution in [0.3, 0.4) is 0 Å². The summed E-state index contributed by atoms with van der Waals surface area (Å²) in [6.07, 6.45) is 8.11. The second-order valence-electron chi connectivity index (χ2n) is 4.44. The fourth-order valence-corrected chi connectivity index (χ4v) is 1.59. The van der Waals surface area contributed by atoms with E-state index in [2.05, 4.69) is 40.1 Å². The molecule has 1 N–H and O–H groups in total. The monoisotopic (exact) mass is 238 g/mol. The molecule has 0 saturated carbocycles. The second kappa shape index (κ2) is 7.09. The van der Waals surface area contributed by atoms with E-state index in [1.165, 1.54) is 0 Å². The Balaban J connectivity index is 2.18. The molecule has 0 aromatic carbocycles. The van der Waals surface area contributed by atoms with Crippen LogP contribution in [-0.2, 0) is 17.9 Å². The summed E-state index contributed by atoms with van der Waals surface area (Å²) in [5, 5.41) is 2.97. The van der Waals surface area contributed by atoms with Gasteiger partial charge in [0.15, 0.2) is 0 Å². The first-order chi connectivity index (χ1) is 8.17. The van der Waals surface area contributed by atoms with E-state index in [0.29, 0.717) is 0 Å². The highest BCUT2D eigenvalue weighted by molar-refractivity contribution is 5.78. The number of carbonyl (C=O) groups excluding carboxylic acids is 1. The fraction of sp³-hybridized carbons (Fsp3) is 0.692. The minimum absolute atomic E-state index is 0.129. The molecule has 1 amide bonds. The van der Waals surface area contributed by atoms with Gasteiger partial charge < -0.3 is 5.32 Å². The van der Waals surface area contributed by atoms with Gasteiger partial charge in [0, 0.05) is 18.9 Å². The number of imidazole rings is 1. The van der Waals surface area contributed by atoms with Crippen molar-refractivity contribution in [3.05, 3.63) is 18.7 Å². The summed E-state index contributed by atoms with van der Waals surface area (Å²) in [6.45, 7) is 8.83. The standard InChI is InChI=1S/C13H23N3O/c1-4-12(3)13(17)14-7-6-8-16-10-9-15(5-2)11-16/h9-12H,4-8H2,1-3H3/p+1. The molecule has 0 aliphatic rings. The predicted octanol–water partition coefficient (Wildman–Crippen LogP) is 1.35. The quantitative estimate of drug-likeness (QED) is 0.565. The lowest BCUT2D eigenvalue weighted by Gasteiger charge is -2.08. The van der Waals surface area contributed by atoms with E-state index in [1.807, 2.05) is 13.8 Å². The lowest BCUT2D eigenvalue weighted by molar-refractivity contribution is -0.696. The first-order valence-corrected chi connectivity index (χ1v) is 6.49. The van der Waals surface area contributed by atoms with E-state index in [0.717, 1.165) is 32.5 Å². The Hall–Kier alpha value is -1.32. The molecule has 0 fully saturated rings. The second-order valence-corrected chi connectivity index (χ2v) is 4.44. The zero-order chi connectivity index (χ0) is 12.7. The van der Waals surface area contributed by atoms with Crippen molar-refractivity contribution in [1.82, 2.24) is 9.88 Å². The van der Waals surface area contributed by atoms with Crippen LogP contribution in [0, 0.1) is 5.92 Å². The predicted molar refractivity (Wildman–Crippen MR) is 67.4 cm³/mol. The van der Waals surface area contributed by atoms with E-state index >= 15 is 0 Å². The van der Waals surface area contributed by atoms with Crippen molar-refractivity contribution in [1.29, 1.82) is 0 Å². The Morgan fingerprint density at radius 1 is 1.47 bits per heavy atom. The van der Waals surface area contributed by atoms with Gasteiger partial charge in [0.05, 0.1) is 13.1 Å². The van der Waals surface area contributed by atoms with E-state index in [-0.39, 0.29) is 11.8 Å². The van der Waals surface area contributed by atoms with Crippen LogP contribution in [0.5, 0.6) is 0 Å². The van der Waals surface area contributed by atoms with Gasteiger partial charge in [-0.1, -0.05) is 13.8 Å². The fourth-order valence-electron chi connectivity index (χ4n) is 1.59. The Morgan fingerprint density at radius 3 is 2.82 bits per heavy atom.